The van der Waals surface area contributed by atoms with E-state index in [0.29, 0.717) is 5.89 Å². The summed E-state index contributed by atoms with van der Waals surface area (Å²) < 4.78 is 6.35. The molecule has 0 spiro atoms. The molecule has 2 N–H and O–H groups in total. The zero-order valence-corrected chi connectivity index (χ0v) is 8.11. The van der Waals surface area contributed by atoms with Crippen molar-refractivity contribution in [2.75, 3.05) is 0 Å². The van der Waals surface area contributed by atoms with E-state index in [0.717, 1.165) is 12.8 Å². The first-order valence-electron chi connectivity index (χ1n) is 5.10. The first kappa shape index (κ1) is 9.45. The molecule has 0 radical (unpaired) electrons. The lowest BCUT2D eigenvalue weighted by Crippen LogP contribution is -2.23. The Kier molecular flexibility index (Phi) is 2.67. The predicted molar refractivity (Wildman–Crippen MR) is 50.8 cm³/mol. The molecule has 5 heteroatoms. The molecule has 1 aliphatic carbocycles. The van der Waals surface area contributed by atoms with Gasteiger partial charge < -0.3 is 10.2 Å². The van der Waals surface area contributed by atoms with E-state index < -0.39 is 0 Å². The molecule has 78 valence electrons. The average Bonchev–Trinajstić information content (AvgIpc) is 2.61. The molecule has 0 amide bonds. The monoisotopic (exact) mass is 197 g/mol. The topological polar surface area (TPSA) is 74.0 Å². The van der Waals surface area contributed by atoms with Crippen LogP contribution < -0.4 is 11.5 Å². The summed E-state index contributed by atoms with van der Waals surface area (Å²) in [4.78, 5) is 11.4. The minimum Gasteiger partial charge on any atom is -0.391 e. The minimum atomic E-state index is -0.364. The molecule has 0 atom stereocenters. The van der Waals surface area contributed by atoms with Crippen molar-refractivity contribution < 1.29 is 4.42 Å². The average molecular weight is 197 g/mol. The van der Waals surface area contributed by atoms with Gasteiger partial charge in [0.25, 0.3) is 0 Å². The van der Waals surface area contributed by atoms with E-state index in [2.05, 4.69) is 5.10 Å². The van der Waals surface area contributed by atoms with Crippen LogP contribution in [0.3, 0.4) is 0 Å². The third-order valence-corrected chi connectivity index (χ3v) is 2.71. The molecule has 0 aromatic carbocycles. The molecule has 1 heterocycles. The van der Waals surface area contributed by atoms with Gasteiger partial charge in [0, 0.05) is 0 Å². The maximum Gasteiger partial charge on any atom is 0.437 e. The van der Waals surface area contributed by atoms with Crippen molar-refractivity contribution in [1.29, 1.82) is 0 Å². The number of aromatic nitrogens is 2. The van der Waals surface area contributed by atoms with E-state index in [4.69, 9.17) is 10.2 Å². The molecule has 0 saturated heterocycles. The van der Waals surface area contributed by atoms with Crippen LogP contribution in [-0.4, -0.2) is 9.78 Å². The molecule has 1 saturated carbocycles. The van der Waals surface area contributed by atoms with Gasteiger partial charge in [0.05, 0.1) is 12.6 Å². The smallest absolute Gasteiger partial charge is 0.391 e. The Labute approximate surface area is 81.9 Å². The Morgan fingerprint density at radius 3 is 2.71 bits per heavy atom. The van der Waals surface area contributed by atoms with Crippen LogP contribution >= 0.6 is 0 Å². The van der Waals surface area contributed by atoms with Crippen LogP contribution in [0.1, 0.15) is 44.0 Å². The summed E-state index contributed by atoms with van der Waals surface area (Å²) in [5.74, 6) is -0.0297. The fourth-order valence-corrected chi connectivity index (χ4v) is 1.97. The maximum atomic E-state index is 11.4. The Balaban J connectivity index is 2.21. The zero-order chi connectivity index (χ0) is 9.97. The fourth-order valence-electron chi connectivity index (χ4n) is 1.97. The van der Waals surface area contributed by atoms with E-state index in [1.54, 1.807) is 0 Å². The lowest BCUT2D eigenvalue weighted by molar-refractivity contribution is 0.310. The molecule has 2 rings (SSSR count). The molecule has 1 aliphatic rings. The first-order chi connectivity index (χ1) is 6.81. The number of hydrogen-bond donors (Lipinski definition) is 1. The van der Waals surface area contributed by atoms with E-state index >= 15 is 0 Å². The van der Waals surface area contributed by atoms with Gasteiger partial charge in [0.1, 0.15) is 0 Å². The van der Waals surface area contributed by atoms with Crippen LogP contribution in [0.4, 0.5) is 0 Å². The second-order valence-corrected chi connectivity index (χ2v) is 3.70. The molecule has 1 aromatic heterocycles. The van der Waals surface area contributed by atoms with Crippen molar-refractivity contribution in [1.82, 2.24) is 9.78 Å². The maximum absolute atomic E-state index is 11.4. The molecule has 5 nitrogen and oxygen atoms in total. The Bertz CT molecular complexity index is 349. The Hall–Kier alpha value is -1.10. The summed E-state index contributed by atoms with van der Waals surface area (Å²) in [6.45, 7) is 0.189. The van der Waals surface area contributed by atoms with Crippen molar-refractivity contribution in [3.8, 4) is 0 Å². The largest absolute Gasteiger partial charge is 0.437 e. The Morgan fingerprint density at radius 2 is 2.14 bits per heavy atom. The van der Waals surface area contributed by atoms with Crippen molar-refractivity contribution in [2.45, 2.75) is 44.7 Å². The Morgan fingerprint density at radius 1 is 1.43 bits per heavy atom. The molecule has 0 bridgehead atoms. The number of nitrogens with two attached hydrogens (primary N) is 1. The van der Waals surface area contributed by atoms with Gasteiger partial charge in [-0.3, -0.25) is 0 Å². The highest BCUT2D eigenvalue weighted by atomic mass is 16.4. The van der Waals surface area contributed by atoms with Gasteiger partial charge in [0.2, 0.25) is 5.89 Å². The molecular formula is C9H15N3O2. The van der Waals surface area contributed by atoms with Crippen molar-refractivity contribution in [2.24, 2.45) is 5.73 Å². The van der Waals surface area contributed by atoms with Crippen molar-refractivity contribution >= 4 is 0 Å². The van der Waals surface area contributed by atoms with Crippen LogP contribution in [0.2, 0.25) is 0 Å². The van der Waals surface area contributed by atoms with Crippen LogP contribution in [-0.2, 0) is 6.54 Å². The first-order valence-corrected chi connectivity index (χ1v) is 5.10. The van der Waals surface area contributed by atoms with E-state index in [9.17, 15) is 4.79 Å². The summed E-state index contributed by atoms with van der Waals surface area (Å²) in [6.07, 6.45) is 5.64. The number of nitrogens with zero attached hydrogens (tertiary/aromatic N) is 2. The normalized spacial score (nSPS) is 18.6. The highest BCUT2D eigenvalue weighted by molar-refractivity contribution is 4.78. The zero-order valence-electron chi connectivity index (χ0n) is 8.11. The van der Waals surface area contributed by atoms with E-state index in [1.165, 1.54) is 23.9 Å². The SMILES string of the molecule is NCc1nn(C2CCCCC2)c(=O)o1. The summed E-state index contributed by atoms with van der Waals surface area (Å²) in [7, 11) is 0. The second-order valence-electron chi connectivity index (χ2n) is 3.70. The van der Waals surface area contributed by atoms with Crippen LogP contribution in [0, 0.1) is 0 Å². The van der Waals surface area contributed by atoms with Gasteiger partial charge in [-0.2, -0.15) is 4.68 Å². The second kappa shape index (κ2) is 3.96. The van der Waals surface area contributed by atoms with Crippen LogP contribution in [0.25, 0.3) is 0 Å². The van der Waals surface area contributed by atoms with Crippen molar-refractivity contribution in [3.05, 3.63) is 16.4 Å². The van der Waals surface area contributed by atoms with Gasteiger partial charge in [-0.15, -0.1) is 5.10 Å². The molecule has 0 unspecified atom stereocenters. The lowest BCUT2D eigenvalue weighted by Gasteiger charge is -2.19. The quantitative estimate of drug-likeness (QED) is 0.761. The van der Waals surface area contributed by atoms with Crippen LogP contribution in [0.15, 0.2) is 9.21 Å². The number of rotatable bonds is 2. The third kappa shape index (κ3) is 1.72. The highest BCUT2D eigenvalue weighted by Gasteiger charge is 2.19. The molecule has 1 aromatic rings. The fraction of sp³-hybridized carbons (Fsp3) is 0.778. The van der Waals surface area contributed by atoms with Gasteiger partial charge in [-0.05, 0) is 12.8 Å². The third-order valence-electron chi connectivity index (χ3n) is 2.71. The number of hydrogen-bond acceptors (Lipinski definition) is 4. The lowest BCUT2D eigenvalue weighted by atomic mass is 9.96. The summed E-state index contributed by atoms with van der Waals surface area (Å²) >= 11 is 0. The molecule has 1 fully saturated rings. The summed E-state index contributed by atoms with van der Waals surface area (Å²) in [5.41, 5.74) is 5.35. The summed E-state index contributed by atoms with van der Waals surface area (Å²) in [5, 5.41) is 4.06. The van der Waals surface area contributed by atoms with Crippen molar-refractivity contribution in [3.63, 3.8) is 0 Å². The highest BCUT2D eigenvalue weighted by Crippen LogP contribution is 2.26. The van der Waals surface area contributed by atoms with E-state index in [-0.39, 0.29) is 18.3 Å². The predicted octanol–water partition coefficient (Wildman–Crippen LogP) is 0.800. The van der Waals surface area contributed by atoms with Gasteiger partial charge in [-0.1, -0.05) is 19.3 Å². The van der Waals surface area contributed by atoms with Gasteiger partial charge in [-0.25, -0.2) is 4.79 Å². The van der Waals surface area contributed by atoms with Gasteiger partial charge >= 0.3 is 5.76 Å². The molecular weight excluding hydrogens is 182 g/mol. The van der Waals surface area contributed by atoms with E-state index in [1.807, 2.05) is 0 Å². The minimum absolute atomic E-state index is 0.189. The standard InChI is InChI=1S/C9H15N3O2/c10-6-8-11-12(9(13)14-8)7-4-2-1-3-5-7/h7H,1-6,10H2. The molecule has 0 aliphatic heterocycles. The summed E-state index contributed by atoms with van der Waals surface area (Å²) in [6, 6.07) is 0.222. The van der Waals surface area contributed by atoms with Crippen LogP contribution in [0.5, 0.6) is 0 Å². The van der Waals surface area contributed by atoms with Gasteiger partial charge in [0.15, 0.2) is 0 Å². The molecule has 14 heavy (non-hydrogen) atoms.